The third-order valence-electron chi connectivity index (χ3n) is 6.67. The van der Waals surface area contributed by atoms with Crippen molar-refractivity contribution in [3.8, 4) is 5.75 Å². The van der Waals surface area contributed by atoms with E-state index in [-0.39, 0.29) is 28.2 Å². The van der Waals surface area contributed by atoms with Crippen LogP contribution in [-0.4, -0.2) is 60.7 Å². The number of esters is 1. The van der Waals surface area contributed by atoms with E-state index < -0.39 is 19.9 Å². The summed E-state index contributed by atoms with van der Waals surface area (Å²) >= 11 is 0. The van der Waals surface area contributed by atoms with Crippen molar-refractivity contribution < 1.29 is 37.0 Å². The smallest absolute Gasteiger partial charge is 0.338 e. The van der Waals surface area contributed by atoms with E-state index in [0.29, 0.717) is 12.2 Å². The van der Waals surface area contributed by atoms with Crippen molar-refractivity contribution in [1.29, 1.82) is 0 Å². The molecular formula is C32H43N2O8S+. The number of aromatic hydroxyl groups is 1. The van der Waals surface area contributed by atoms with Crippen LogP contribution in [0.5, 0.6) is 5.75 Å². The zero-order valence-corrected chi connectivity index (χ0v) is 26.9. The Morgan fingerprint density at radius 1 is 0.907 bits per heavy atom. The van der Waals surface area contributed by atoms with Gasteiger partial charge in [-0.25, -0.2) is 4.79 Å². The molecule has 0 amide bonds. The second-order valence-corrected chi connectivity index (χ2v) is 14.5. The number of nitro groups is 1. The maximum Gasteiger partial charge on any atom is 0.338 e. The predicted molar refractivity (Wildman–Crippen MR) is 166 cm³/mol. The number of hydrogen-bond acceptors (Lipinski definition) is 7. The van der Waals surface area contributed by atoms with E-state index in [1.54, 1.807) is 12.1 Å². The molecule has 3 aromatic carbocycles. The van der Waals surface area contributed by atoms with Crippen LogP contribution in [0.25, 0.3) is 0 Å². The van der Waals surface area contributed by atoms with Crippen molar-refractivity contribution in [3.05, 3.63) is 99.1 Å². The summed E-state index contributed by atoms with van der Waals surface area (Å²) in [5, 5.41) is 21.0. The second-order valence-electron chi connectivity index (χ2n) is 13.1. The van der Waals surface area contributed by atoms with Crippen LogP contribution in [0.15, 0.2) is 71.6 Å². The number of phenolic OH excluding ortho intramolecular Hbond substituents is 1. The number of phenols is 1. The quantitative estimate of drug-likeness (QED) is 0.0993. The minimum Gasteiger partial charge on any atom is -0.507 e. The molecule has 0 aromatic heterocycles. The molecule has 0 saturated heterocycles. The number of rotatable bonds is 8. The van der Waals surface area contributed by atoms with Gasteiger partial charge in [0.2, 0.25) is 0 Å². The van der Waals surface area contributed by atoms with E-state index in [0.717, 1.165) is 46.9 Å². The standard InChI is InChI=1S/C26H37NO3.C6H5NO5S/c1-25(2,3)21-16-20(17-22(23(21)28)26(4,5)6)24(29)30-15-14-27(7,8)18-19-12-10-9-11-13-19;8-7(9)5-2-1-3-6(4-5)13(10,11)12/h9-13,16-17H,14-15,18H2,1-8H3;1-4H,(H,10,11,12)/p+1. The highest BCUT2D eigenvalue weighted by Crippen LogP contribution is 2.39. The average Bonchev–Trinajstić information content (AvgIpc) is 2.87. The highest BCUT2D eigenvalue weighted by molar-refractivity contribution is 7.85. The molecule has 0 saturated carbocycles. The number of ether oxygens (including phenoxy) is 1. The first-order valence-electron chi connectivity index (χ1n) is 13.7. The monoisotopic (exact) mass is 615 g/mol. The summed E-state index contributed by atoms with van der Waals surface area (Å²) in [6.45, 7) is 14.1. The molecule has 3 rings (SSSR count). The number of carbonyl (C=O) groups excluding carboxylic acids is 1. The Morgan fingerprint density at radius 3 is 1.91 bits per heavy atom. The molecule has 234 valence electrons. The first-order chi connectivity index (χ1) is 19.6. The lowest BCUT2D eigenvalue weighted by Crippen LogP contribution is -2.41. The van der Waals surface area contributed by atoms with Crippen LogP contribution in [-0.2, 0) is 32.2 Å². The molecule has 0 aliphatic rings. The van der Waals surface area contributed by atoms with E-state index >= 15 is 0 Å². The summed E-state index contributed by atoms with van der Waals surface area (Å²) in [7, 11) is -0.0918. The Kier molecular flexibility index (Phi) is 11.2. The van der Waals surface area contributed by atoms with E-state index in [4.69, 9.17) is 9.29 Å². The van der Waals surface area contributed by atoms with E-state index in [1.807, 2.05) is 59.7 Å². The highest BCUT2D eigenvalue weighted by atomic mass is 32.2. The van der Waals surface area contributed by atoms with Crippen molar-refractivity contribution in [3.63, 3.8) is 0 Å². The number of quaternary nitrogens is 1. The van der Waals surface area contributed by atoms with Gasteiger partial charge in [-0.15, -0.1) is 0 Å². The first kappa shape index (κ1) is 35.4. The van der Waals surface area contributed by atoms with E-state index in [1.165, 1.54) is 11.6 Å². The molecule has 0 spiro atoms. The fourth-order valence-electron chi connectivity index (χ4n) is 4.28. The fourth-order valence-corrected chi connectivity index (χ4v) is 4.80. The normalized spacial score (nSPS) is 12.2. The second kappa shape index (κ2) is 13.7. The molecule has 0 aliphatic heterocycles. The number of hydrogen-bond donors (Lipinski definition) is 2. The first-order valence-corrected chi connectivity index (χ1v) is 15.2. The number of likely N-dealkylation sites (N-methyl/N-ethyl adjacent to an activating group) is 1. The van der Waals surface area contributed by atoms with Crippen LogP contribution in [0.2, 0.25) is 0 Å². The van der Waals surface area contributed by atoms with Crippen molar-refractivity contribution in [2.75, 3.05) is 27.2 Å². The van der Waals surface area contributed by atoms with Gasteiger partial charge in [-0.3, -0.25) is 14.7 Å². The van der Waals surface area contributed by atoms with Crippen LogP contribution in [0.3, 0.4) is 0 Å². The minimum atomic E-state index is -4.36. The predicted octanol–water partition coefficient (Wildman–Crippen LogP) is 6.26. The topological polar surface area (TPSA) is 144 Å². The summed E-state index contributed by atoms with van der Waals surface area (Å²) in [4.78, 5) is 21.8. The van der Waals surface area contributed by atoms with Gasteiger partial charge >= 0.3 is 5.97 Å². The Morgan fingerprint density at radius 2 is 1.44 bits per heavy atom. The Hall–Kier alpha value is -3.80. The molecule has 0 atom stereocenters. The molecule has 0 fully saturated rings. The molecule has 11 heteroatoms. The zero-order valence-electron chi connectivity index (χ0n) is 26.1. The van der Waals surface area contributed by atoms with Gasteiger partial charge in [0, 0.05) is 28.8 Å². The SMILES string of the molecule is CC(C)(C)c1cc(C(=O)OCC[N+](C)(C)Cc2ccccc2)cc(C(C)(C)C)c1O.O=[N+]([O-])c1cccc(S(=O)(=O)O)c1. The lowest BCUT2D eigenvalue weighted by Gasteiger charge is -2.30. The molecule has 0 bridgehead atoms. The van der Waals surface area contributed by atoms with Gasteiger partial charge < -0.3 is 14.3 Å². The Bertz CT molecular complexity index is 1500. The Balaban J connectivity index is 0.000000413. The van der Waals surface area contributed by atoms with Gasteiger partial charge in [0.25, 0.3) is 15.8 Å². The van der Waals surface area contributed by atoms with Gasteiger partial charge in [-0.2, -0.15) is 8.42 Å². The summed E-state index contributed by atoms with van der Waals surface area (Å²) in [5.41, 5.74) is 2.34. The lowest BCUT2D eigenvalue weighted by molar-refractivity contribution is -0.903. The van der Waals surface area contributed by atoms with Crippen molar-refractivity contribution >= 4 is 21.8 Å². The zero-order chi connectivity index (χ0) is 32.8. The molecule has 3 aromatic rings. The third kappa shape index (κ3) is 10.8. The molecule has 43 heavy (non-hydrogen) atoms. The van der Waals surface area contributed by atoms with Gasteiger partial charge in [0.05, 0.1) is 24.6 Å². The molecule has 10 nitrogen and oxygen atoms in total. The van der Waals surface area contributed by atoms with Crippen LogP contribution in [0.1, 0.15) is 68.6 Å². The highest BCUT2D eigenvalue weighted by Gasteiger charge is 2.28. The van der Waals surface area contributed by atoms with E-state index in [2.05, 4.69) is 26.2 Å². The number of non-ortho nitro benzene ring substituents is 1. The Labute approximate surface area is 254 Å². The van der Waals surface area contributed by atoms with Crippen LogP contribution < -0.4 is 0 Å². The summed E-state index contributed by atoms with van der Waals surface area (Å²) in [6.07, 6.45) is 0. The molecular weight excluding hydrogens is 572 g/mol. The number of nitro benzene ring substituents is 1. The maximum atomic E-state index is 12.8. The molecule has 0 aliphatic carbocycles. The van der Waals surface area contributed by atoms with Crippen molar-refractivity contribution in [1.82, 2.24) is 0 Å². The van der Waals surface area contributed by atoms with Crippen LogP contribution in [0.4, 0.5) is 5.69 Å². The fraction of sp³-hybridized carbons (Fsp3) is 0.406. The minimum absolute atomic E-state index is 0.271. The van der Waals surface area contributed by atoms with Gasteiger partial charge in [0.15, 0.2) is 0 Å². The van der Waals surface area contributed by atoms with E-state index in [9.17, 15) is 28.4 Å². The van der Waals surface area contributed by atoms with Crippen LogP contribution >= 0.6 is 0 Å². The maximum absolute atomic E-state index is 12.8. The molecule has 0 heterocycles. The summed E-state index contributed by atoms with van der Waals surface area (Å²) < 4.78 is 36.0. The number of benzene rings is 3. The molecule has 0 radical (unpaired) electrons. The molecule has 0 unspecified atom stereocenters. The van der Waals surface area contributed by atoms with Gasteiger partial charge in [-0.1, -0.05) is 77.9 Å². The van der Waals surface area contributed by atoms with Gasteiger partial charge in [-0.05, 0) is 29.0 Å². The van der Waals surface area contributed by atoms with Crippen LogP contribution in [0, 0.1) is 10.1 Å². The van der Waals surface area contributed by atoms with Gasteiger partial charge in [0.1, 0.15) is 30.3 Å². The summed E-state index contributed by atoms with van der Waals surface area (Å²) in [5.74, 6) is -0.0714. The lowest BCUT2D eigenvalue weighted by atomic mass is 9.78. The largest absolute Gasteiger partial charge is 0.507 e. The number of nitrogens with zero attached hydrogens (tertiary/aromatic N) is 2. The molecule has 2 N–H and O–H groups in total. The van der Waals surface area contributed by atoms with Crippen molar-refractivity contribution in [2.24, 2.45) is 0 Å². The number of carbonyl (C=O) groups is 1. The average molecular weight is 616 g/mol. The van der Waals surface area contributed by atoms with Crippen molar-refractivity contribution in [2.45, 2.75) is 63.8 Å². The summed E-state index contributed by atoms with van der Waals surface area (Å²) in [6, 6.07) is 18.1. The third-order valence-corrected chi connectivity index (χ3v) is 7.52.